The molecule has 76 valence electrons. The highest BCUT2D eigenvalue weighted by molar-refractivity contribution is 7.81. The van der Waals surface area contributed by atoms with E-state index in [1.54, 1.807) is 0 Å². The molecule has 0 saturated heterocycles. The fourth-order valence-electron chi connectivity index (χ4n) is 1.95. The highest BCUT2D eigenvalue weighted by Gasteiger charge is 2.12. The molecule has 0 atom stereocenters. The molecule has 1 rings (SSSR count). The second-order valence-corrected chi connectivity index (χ2v) is 4.12. The van der Waals surface area contributed by atoms with Gasteiger partial charge in [0.15, 0.2) is 0 Å². The molecule has 1 saturated carbocycles. The molecule has 0 aliphatic heterocycles. The molecule has 1 N–H and O–H groups in total. The summed E-state index contributed by atoms with van der Waals surface area (Å²) in [6.45, 7) is 0.837. The Kier molecular flexibility index (Phi) is 5.28. The number of rotatable bonds is 4. The third kappa shape index (κ3) is 4.55. The van der Waals surface area contributed by atoms with Gasteiger partial charge in [-0.1, -0.05) is 32.1 Å². The molecular formula is C10H19NOS. The fourth-order valence-corrected chi connectivity index (χ4v) is 2.06. The number of carbonyl (C=O) groups is 1. The molecule has 0 radical (unpaired) electrons. The predicted octanol–water partition coefficient (Wildman–Crippen LogP) is 2.00. The molecule has 1 amide bonds. The largest absolute Gasteiger partial charge is 0.355 e. The summed E-state index contributed by atoms with van der Waals surface area (Å²) in [6.07, 6.45) is 8.03. The zero-order chi connectivity index (χ0) is 9.52. The van der Waals surface area contributed by atoms with Gasteiger partial charge in [0, 0.05) is 6.54 Å². The van der Waals surface area contributed by atoms with E-state index in [0.717, 1.165) is 18.9 Å². The lowest BCUT2D eigenvalue weighted by Crippen LogP contribution is -2.27. The van der Waals surface area contributed by atoms with E-state index in [1.807, 2.05) is 0 Å². The third-order valence-corrected chi connectivity index (χ3v) is 3.03. The maximum atomic E-state index is 10.9. The van der Waals surface area contributed by atoms with Crippen molar-refractivity contribution in [3.63, 3.8) is 0 Å². The Labute approximate surface area is 85.9 Å². The summed E-state index contributed by atoms with van der Waals surface area (Å²) in [4.78, 5) is 10.9. The highest BCUT2D eigenvalue weighted by atomic mass is 32.1. The standard InChI is InChI=1S/C10H19NOS/c12-10(8-13)11-7-6-9-4-2-1-3-5-9/h9,13H,1-8H2,(H,11,12). The molecule has 1 aliphatic carbocycles. The molecule has 0 aromatic rings. The average molecular weight is 201 g/mol. The zero-order valence-corrected chi connectivity index (χ0v) is 8.98. The van der Waals surface area contributed by atoms with Crippen molar-refractivity contribution in [2.45, 2.75) is 38.5 Å². The van der Waals surface area contributed by atoms with E-state index in [-0.39, 0.29) is 5.91 Å². The molecule has 1 aliphatic rings. The van der Waals surface area contributed by atoms with E-state index in [4.69, 9.17) is 0 Å². The van der Waals surface area contributed by atoms with Gasteiger partial charge >= 0.3 is 0 Å². The smallest absolute Gasteiger partial charge is 0.229 e. The van der Waals surface area contributed by atoms with E-state index in [1.165, 1.54) is 32.1 Å². The Morgan fingerprint density at radius 2 is 2.00 bits per heavy atom. The summed E-state index contributed by atoms with van der Waals surface area (Å²) in [5, 5.41) is 2.86. The van der Waals surface area contributed by atoms with Crippen LogP contribution in [0.4, 0.5) is 0 Å². The van der Waals surface area contributed by atoms with Crippen LogP contribution in [0.5, 0.6) is 0 Å². The summed E-state index contributed by atoms with van der Waals surface area (Å²) >= 11 is 3.90. The first kappa shape index (κ1) is 10.9. The van der Waals surface area contributed by atoms with Crippen LogP contribution in [0.3, 0.4) is 0 Å². The molecule has 0 aromatic heterocycles. The van der Waals surface area contributed by atoms with Crippen LogP contribution in [0.2, 0.25) is 0 Å². The molecule has 13 heavy (non-hydrogen) atoms. The third-order valence-electron chi connectivity index (χ3n) is 2.74. The van der Waals surface area contributed by atoms with Crippen molar-refractivity contribution in [1.29, 1.82) is 0 Å². The minimum Gasteiger partial charge on any atom is -0.355 e. The first-order valence-electron chi connectivity index (χ1n) is 5.20. The van der Waals surface area contributed by atoms with E-state index >= 15 is 0 Å². The van der Waals surface area contributed by atoms with Crippen LogP contribution in [-0.4, -0.2) is 18.2 Å². The van der Waals surface area contributed by atoms with Gasteiger partial charge in [-0.25, -0.2) is 0 Å². The fraction of sp³-hybridized carbons (Fsp3) is 0.900. The van der Waals surface area contributed by atoms with E-state index in [9.17, 15) is 4.79 Å². The Morgan fingerprint density at radius 3 is 2.62 bits per heavy atom. The quantitative estimate of drug-likeness (QED) is 0.669. The van der Waals surface area contributed by atoms with Crippen LogP contribution in [-0.2, 0) is 4.79 Å². The summed E-state index contributed by atoms with van der Waals surface area (Å²) in [5.41, 5.74) is 0. The van der Waals surface area contributed by atoms with Gasteiger partial charge < -0.3 is 5.32 Å². The van der Waals surface area contributed by atoms with Crippen molar-refractivity contribution in [2.24, 2.45) is 5.92 Å². The maximum Gasteiger partial charge on any atom is 0.229 e. The first-order valence-corrected chi connectivity index (χ1v) is 5.83. The van der Waals surface area contributed by atoms with Crippen LogP contribution in [0.15, 0.2) is 0 Å². The molecule has 1 fully saturated rings. The van der Waals surface area contributed by atoms with Crippen molar-refractivity contribution in [2.75, 3.05) is 12.3 Å². The second-order valence-electron chi connectivity index (χ2n) is 3.80. The Bertz CT molecular complexity index is 155. The number of nitrogens with one attached hydrogen (secondary N) is 1. The topological polar surface area (TPSA) is 29.1 Å². The van der Waals surface area contributed by atoms with Crippen molar-refractivity contribution in [1.82, 2.24) is 5.32 Å². The summed E-state index contributed by atoms with van der Waals surface area (Å²) < 4.78 is 0. The minimum absolute atomic E-state index is 0.0548. The first-order chi connectivity index (χ1) is 6.33. The molecule has 0 unspecified atom stereocenters. The van der Waals surface area contributed by atoms with Gasteiger partial charge in [-0.05, 0) is 12.3 Å². The van der Waals surface area contributed by atoms with Gasteiger partial charge in [0.1, 0.15) is 0 Å². The van der Waals surface area contributed by atoms with Crippen LogP contribution in [0, 0.1) is 5.92 Å². The average Bonchev–Trinajstić information content (AvgIpc) is 2.19. The van der Waals surface area contributed by atoms with Crippen LogP contribution in [0.25, 0.3) is 0 Å². The van der Waals surface area contributed by atoms with Crippen LogP contribution >= 0.6 is 12.6 Å². The Morgan fingerprint density at radius 1 is 1.31 bits per heavy atom. The van der Waals surface area contributed by atoms with E-state index < -0.39 is 0 Å². The van der Waals surface area contributed by atoms with Crippen LogP contribution < -0.4 is 5.32 Å². The second kappa shape index (κ2) is 6.30. The lowest BCUT2D eigenvalue weighted by molar-refractivity contribution is -0.118. The monoisotopic (exact) mass is 201 g/mol. The molecule has 0 spiro atoms. The summed E-state index contributed by atoms with van der Waals surface area (Å²) in [6, 6.07) is 0. The predicted molar refractivity (Wildman–Crippen MR) is 58.1 cm³/mol. The van der Waals surface area contributed by atoms with Crippen LogP contribution in [0.1, 0.15) is 38.5 Å². The van der Waals surface area contributed by atoms with Gasteiger partial charge in [0.05, 0.1) is 5.75 Å². The maximum absolute atomic E-state index is 10.9. The SMILES string of the molecule is O=C(CS)NCCC1CCCCC1. The molecular weight excluding hydrogens is 182 g/mol. The zero-order valence-electron chi connectivity index (χ0n) is 8.09. The molecule has 3 heteroatoms. The van der Waals surface area contributed by atoms with E-state index in [2.05, 4.69) is 17.9 Å². The normalized spacial score (nSPS) is 18.5. The number of carbonyl (C=O) groups excluding carboxylic acids is 1. The number of thiol groups is 1. The van der Waals surface area contributed by atoms with Crippen molar-refractivity contribution >= 4 is 18.5 Å². The van der Waals surface area contributed by atoms with Crippen molar-refractivity contribution in [3.05, 3.63) is 0 Å². The number of hydrogen-bond donors (Lipinski definition) is 2. The highest BCUT2D eigenvalue weighted by Crippen LogP contribution is 2.25. The summed E-state index contributed by atoms with van der Waals surface area (Å²) in [5.74, 6) is 1.22. The minimum atomic E-state index is 0.0548. The Balaban J connectivity index is 2.01. The summed E-state index contributed by atoms with van der Waals surface area (Å²) in [7, 11) is 0. The molecule has 0 bridgehead atoms. The van der Waals surface area contributed by atoms with Crippen molar-refractivity contribution in [3.8, 4) is 0 Å². The molecule has 2 nitrogen and oxygen atoms in total. The number of amides is 1. The van der Waals surface area contributed by atoms with Gasteiger partial charge in [-0.3, -0.25) is 4.79 Å². The van der Waals surface area contributed by atoms with Gasteiger partial charge in [-0.15, -0.1) is 0 Å². The van der Waals surface area contributed by atoms with E-state index in [0.29, 0.717) is 5.75 Å². The lowest BCUT2D eigenvalue weighted by Gasteiger charge is -2.21. The lowest BCUT2D eigenvalue weighted by atomic mass is 9.87. The van der Waals surface area contributed by atoms with Gasteiger partial charge in [0.25, 0.3) is 0 Å². The van der Waals surface area contributed by atoms with Crippen molar-refractivity contribution < 1.29 is 4.79 Å². The molecule has 0 aromatic carbocycles. The molecule has 0 heterocycles. The van der Waals surface area contributed by atoms with Gasteiger partial charge in [0.2, 0.25) is 5.91 Å². The Hall–Kier alpha value is -0.180. The van der Waals surface area contributed by atoms with Gasteiger partial charge in [-0.2, -0.15) is 12.6 Å². The number of hydrogen-bond acceptors (Lipinski definition) is 2.